The van der Waals surface area contributed by atoms with Gasteiger partial charge in [-0.15, -0.1) is 12.6 Å². The smallest absolute Gasteiger partial charge is 0.191 e. The highest BCUT2D eigenvalue weighted by Gasteiger charge is 2.11. The Morgan fingerprint density at radius 1 is 0.826 bits per heavy atom. The zero-order valence-electron chi connectivity index (χ0n) is 12.6. The number of hydrogen-bond donors (Lipinski definition) is 1. The van der Waals surface area contributed by atoms with E-state index in [0.29, 0.717) is 10.5 Å². The lowest BCUT2D eigenvalue weighted by atomic mass is 9.95. The van der Waals surface area contributed by atoms with Crippen LogP contribution in [0.25, 0.3) is 22.3 Å². The van der Waals surface area contributed by atoms with Crippen molar-refractivity contribution in [2.45, 2.75) is 11.8 Å². The van der Waals surface area contributed by atoms with Gasteiger partial charge >= 0.3 is 0 Å². The van der Waals surface area contributed by atoms with E-state index in [4.69, 9.17) is 0 Å². The lowest BCUT2D eigenvalue weighted by Crippen LogP contribution is -1.93. The Bertz CT molecular complexity index is 897. The zero-order chi connectivity index (χ0) is 16.4. The maximum atomic E-state index is 14.7. The number of halogens is 1. The molecule has 0 saturated heterocycles. The van der Waals surface area contributed by atoms with E-state index in [1.165, 1.54) is 12.1 Å². The maximum Gasteiger partial charge on any atom is 0.191 e. The Hall–Kier alpha value is -2.39. The van der Waals surface area contributed by atoms with Gasteiger partial charge in [-0.05, 0) is 47.4 Å². The first-order valence-electron chi connectivity index (χ1n) is 7.25. The SMILES string of the molecule is Cc1cc(-c2ccc(S)c(=O)cc2)cc(F)c1-c1ccccc1. The molecule has 0 bridgehead atoms. The van der Waals surface area contributed by atoms with Crippen LogP contribution in [0.5, 0.6) is 0 Å². The van der Waals surface area contributed by atoms with Gasteiger partial charge in [0.05, 0.1) is 4.90 Å². The molecular formula is C20H15FOS. The number of hydrogen-bond acceptors (Lipinski definition) is 2. The second-order valence-corrected chi connectivity index (χ2v) is 5.87. The molecule has 0 N–H and O–H groups in total. The molecule has 0 spiro atoms. The van der Waals surface area contributed by atoms with Gasteiger partial charge in [0.2, 0.25) is 0 Å². The summed E-state index contributed by atoms with van der Waals surface area (Å²) < 4.78 is 14.7. The van der Waals surface area contributed by atoms with Crippen molar-refractivity contribution in [3.8, 4) is 22.3 Å². The second kappa shape index (κ2) is 6.39. The standard InChI is InChI=1S/C20H15FOS/c1-13-11-16(14-7-9-18(22)19(23)10-8-14)12-17(21)20(13)15-5-3-2-4-6-15/h2-12H,1H3,(H,22,23). The molecule has 0 fully saturated rings. The third kappa shape index (κ3) is 3.20. The molecule has 0 aliphatic heterocycles. The summed E-state index contributed by atoms with van der Waals surface area (Å²) in [4.78, 5) is 12.0. The Morgan fingerprint density at radius 2 is 1.52 bits per heavy atom. The molecule has 0 heterocycles. The predicted octanol–water partition coefficient (Wildman–Crippen LogP) is 5.12. The van der Waals surface area contributed by atoms with Gasteiger partial charge in [0, 0.05) is 5.56 Å². The van der Waals surface area contributed by atoms with Crippen LogP contribution in [-0.2, 0) is 0 Å². The summed E-state index contributed by atoms with van der Waals surface area (Å²) in [6, 6.07) is 19.5. The van der Waals surface area contributed by atoms with Crippen molar-refractivity contribution in [1.29, 1.82) is 0 Å². The van der Waals surface area contributed by atoms with Crippen LogP contribution in [0.4, 0.5) is 4.39 Å². The van der Waals surface area contributed by atoms with Crippen molar-refractivity contribution in [3.63, 3.8) is 0 Å². The van der Waals surface area contributed by atoms with Crippen molar-refractivity contribution in [2.24, 2.45) is 0 Å². The van der Waals surface area contributed by atoms with Crippen LogP contribution in [0.3, 0.4) is 0 Å². The minimum absolute atomic E-state index is 0.155. The fourth-order valence-corrected chi connectivity index (χ4v) is 2.78. The van der Waals surface area contributed by atoms with Crippen LogP contribution in [-0.4, -0.2) is 0 Å². The fourth-order valence-electron chi connectivity index (χ4n) is 2.63. The highest BCUT2D eigenvalue weighted by atomic mass is 32.1. The molecule has 0 radical (unpaired) electrons. The number of benzene rings is 2. The molecule has 0 aliphatic rings. The van der Waals surface area contributed by atoms with E-state index in [-0.39, 0.29) is 11.2 Å². The molecule has 114 valence electrons. The number of rotatable bonds is 2. The van der Waals surface area contributed by atoms with Crippen molar-refractivity contribution in [3.05, 3.63) is 88.3 Å². The monoisotopic (exact) mass is 322 g/mol. The Labute approximate surface area is 139 Å². The van der Waals surface area contributed by atoms with E-state index in [1.54, 1.807) is 18.2 Å². The summed E-state index contributed by atoms with van der Waals surface area (Å²) >= 11 is 4.12. The maximum absolute atomic E-state index is 14.7. The van der Waals surface area contributed by atoms with Gasteiger partial charge in [0.15, 0.2) is 5.43 Å². The Morgan fingerprint density at radius 3 is 2.22 bits per heavy atom. The van der Waals surface area contributed by atoms with E-state index in [0.717, 1.165) is 22.3 Å². The molecule has 0 aliphatic carbocycles. The topological polar surface area (TPSA) is 17.1 Å². The molecule has 0 saturated carbocycles. The van der Waals surface area contributed by atoms with Gasteiger partial charge in [-0.2, -0.15) is 0 Å². The van der Waals surface area contributed by atoms with Crippen LogP contribution < -0.4 is 5.43 Å². The highest BCUT2D eigenvalue weighted by Crippen LogP contribution is 2.31. The lowest BCUT2D eigenvalue weighted by molar-refractivity contribution is 0.631. The van der Waals surface area contributed by atoms with E-state index >= 15 is 0 Å². The average Bonchev–Trinajstić information content (AvgIpc) is 2.70. The van der Waals surface area contributed by atoms with Crippen molar-refractivity contribution < 1.29 is 4.39 Å². The van der Waals surface area contributed by atoms with Crippen molar-refractivity contribution in [1.82, 2.24) is 0 Å². The predicted molar refractivity (Wildman–Crippen MR) is 95.5 cm³/mol. The first-order chi connectivity index (χ1) is 11.1. The van der Waals surface area contributed by atoms with Crippen molar-refractivity contribution >= 4 is 12.6 Å². The lowest BCUT2D eigenvalue weighted by Gasteiger charge is -2.10. The number of thiol groups is 1. The van der Waals surface area contributed by atoms with Crippen LogP contribution in [0.15, 0.2) is 76.4 Å². The summed E-state index contributed by atoms with van der Waals surface area (Å²) in [5, 5.41) is 0. The summed E-state index contributed by atoms with van der Waals surface area (Å²) in [5.41, 5.74) is 3.68. The molecular weight excluding hydrogens is 307 g/mol. The first kappa shape index (κ1) is 15.5. The zero-order valence-corrected chi connectivity index (χ0v) is 13.5. The first-order valence-corrected chi connectivity index (χ1v) is 7.70. The fraction of sp³-hybridized carbons (Fsp3) is 0.0500. The number of aryl methyl sites for hydroxylation is 1. The Balaban J connectivity index is 2.14. The summed E-state index contributed by atoms with van der Waals surface area (Å²) in [5.74, 6) is -0.272. The minimum Gasteiger partial charge on any atom is -0.289 e. The molecule has 0 amide bonds. The van der Waals surface area contributed by atoms with Gasteiger partial charge in [0.1, 0.15) is 5.82 Å². The third-order valence-corrected chi connectivity index (χ3v) is 4.14. The molecule has 3 aromatic carbocycles. The molecule has 3 rings (SSSR count). The van der Waals surface area contributed by atoms with Gasteiger partial charge in [0.25, 0.3) is 0 Å². The summed E-state index contributed by atoms with van der Waals surface area (Å²) in [6.45, 7) is 1.89. The summed E-state index contributed by atoms with van der Waals surface area (Å²) in [6.07, 6.45) is 0. The van der Waals surface area contributed by atoms with Crippen molar-refractivity contribution in [2.75, 3.05) is 0 Å². The van der Waals surface area contributed by atoms with Gasteiger partial charge in [-0.3, -0.25) is 4.79 Å². The van der Waals surface area contributed by atoms with E-state index in [1.807, 2.05) is 43.3 Å². The largest absolute Gasteiger partial charge is 0.289 e. The third-order valence-electron chi connectivity index (χ3n) is 3.77. The van der Waals surface area contributed by atoms with E-state index < -0.39 is 0 Å². The van der Waals surface area contributed by atoms with E-state index in [2.05, 4.69) is 12.6 Å². The molecule has 0 unspecified atom stereocenters. The van der Waals surface area contributed by atoms with Gasteiger partial charge in [-0.25, -0.2) is 4.39 Å². The molecule has 0 atom stereocenters. The molecule has 0 aromatic heterocycles. The second-order valence-electron chi connectivity index (χ2n) is 5.39. The van der Waals surface area contributed by atoms with Crippen LogP contribution in [0, 0.1) is 12.7 Å². The van der Waals surface area contributed by atoms with Gasteiger partial charge < -0.3 is 0 Å². The van der Waals surface area contributed by atoms with Crippen LogP contribution in [0.1, 0.15) is 5.56 Å². The normalized spacial score (nSPS) is 10.6. The minimum atomic E-state index is -0.272. The summed E-state index contributed by atoms with van der Waals surface area (Å²) in [7, 11) is 0. The van der Waals surface area contributed by atoms with Crippen LogP contribution >= 0.6 is 12.6 Å². The Kier molecular flexibility index (Phi) is 4.30. The van der Waals surface area contributed by atoms with E-state index in [9.17, 15) is 9.18 Å². The van der Waals surface area contributed by atoms with Crippen LogP contribution in [0.2, 0.25) is 0 Å². The highest BCUT2D eigenvalue weighted by molar-refractivity contribution is 7.80. The average molecular weight is 322 g/mol. The molecule has 3 heteroatoms. The molecule has 3 aromatic rings. The molecule has 23 heavy (non-hydrogen) atoms. The quantitative estimate of drug-likeness (QED) is 0.648. The molecule has 1 nitrogen and oxygen atoms in total. The van der Waals surface area contributed by atoms with Gasteiger partial charge in [-0.1, -0.05) is 48.5 Å².